The third-order valence-corrected chi connectivity index (χ3v) is 14.0. The Morgan fingerprint density at radius 2 is 1.29 bits per heavy atom. The van der Waals surface area contributed by atoms with Gasteiger partial charge in [0.2, 0.25) is 0 Å². The first-order chi connectivity index (χ1) is 8.27. The Balaban J connectivity index is 2.59. The van der Waals surface area contributed by atoms with Crippen LogP contribution >= 0.6 is 21.1 Å². The molecule has 0 bridgehead atoms. The van der Waals surface area contributed by atoms with E-state index < -0.39 is 17.5 Å². The van der Waals surface area contributed by atoms with Gasteiger partial charge in [-0.25, -0.2) is 0 Å². The van der Waals surface area contributed by atoms with Crippen LogP contribution in [0.4, 0.5) is 0 Å². The van der Waals surface area contributed by atoms with Gasteiger partial charge in [-0.2, -0.15) is 0 Å². The third-order valence-electron chi connectivity index (χ3n) is 2.51. The van der Waals surface area contributed by atoms with Crippen LogP contribution in [0.15, 0.2) is 63.9 Å². The Kier molecular flexibility index (Phi) is 4.35. The Morgan fingerprint density at radius 3 is 1.65 bits per heavy atom. The molecule has 1 nitrogen and oxygen atoms in total. The monoisotopic (exact) mass is 367 g/mol. The summed E-state index contributed by atoms with van der Waals surface area (Å²) >= 11 is 1.29. The predicted octanol–water partition coefficient (Wildman–Crippen LogP) is 2.58. The molecule has 4 heteroatoms. The van der Waals surface area contributed by atoms with Crippen molar-refractivity contribution in [2.45, 2.75) is 0 Å². The summed E-state index contributed by atoms with van der Waals surface area (Å²) in [5, 5.41) is 2.47. The second kappa shape index (κ2) is 5.78. The summed E-state index contributed by atoms with van der Waals surface area (Å²) in [4.78, 5) is 0. The van der Waals surface area contributed by atoms with Gasteiger partial charge >= 0.3 is 115 Å². The van der Waals surface area contributed by atoms with Gasteiger partial charge in [0, 0.05) is 0 Å². The Morgan fingerprint density at radius 1 is 0.882 bits per heavy atom. The van der Waals surface area contributed by atoms with Gasteiger partial charge in [-0.1, -0.05) is 0 Å². The van der Waals surface area contributed by atoms with E-state index in [0.29, 0.717) is 0 Å². The molecule has 0 aliphatic rings. The van der Waals surface area contributed by atoms with Crippen LogP contribution in [-0.2, 0) is 0 Å². The zero-order valence-electron chi connectivity index (χ0n) is 9.01. The number of rotatable bonds is 3. The summed E-state index contributed by atoms with van der Waals surface area (Å²) < 4.78 is 6.52. The molecule has 2 rings (SSSR count). The van der Waals surface area contributed by atoms with Gasteiger partial charge in [-0.3, -0.25) is 0 Å². The summed E-state index contributed by atoms with van der Waals surface area (Å²) in [6.45, 7) is 0. The van der Waals surface area contributed by atoms with Gasteiger partial charge in [-0.15, -0.1) is 0 Å². The molecule has 0 aliphatic carbocycles. The Bertz CT molecular complexity index is 498. The first-order valence-corrected chi connectivity index (χ1v) is 13.3. The minimum absolute atomic E-state index is 1.09. The Labute approximate surface area is 114 Å². The first kappa shape index (κ1) is 12.8. The SMILES string of the molecule is S=C=[N][Sn]([Cl])([c]1ccccc1)[c]1ccccc1. The fourth-order valence-corrected chi connectivity index (χ4v) is 10.6. The maximum absolute atomic E-state index is 6.80. The second-order valence-corrected chi connectivity index (χ2v) is 14.9. The summed E-state index contributed by atoms with van der Waals surface area (Å²) in [6.07, 6.45) is 0. The van der Waals surface area contributed by atoms with Crippen LogP contribution in [0.1, 0.15) is 0 Å². The van der Waals surface area contributed by atoms with E-state index in [-0.39, 0.29) is 0 Å². The van der Waals surface area contributed by atoms with E-state index in [9.17, 15) is 0 Å². The van der Waals surface area contributed by atoms with E-state index in [1.54, 1.807) is 0 Å². The van der Waals surface area contributed by atoms with Crippen LogP contribution in [0.3, 0.4) is 0 Å². The van der Waals surface area contributed by atoms with Crippen LogP contribution in [0.5, 0.6) is 0 Å². The van der Waals surface area contributed by atoms with E-state index in [1.807, 2.05) is 60.7 Å². The van der Waals surface area contributed by atoms with Crippen molar-refractivity contribution < 1.29 is 0 Å². The average molecular weight is 366 g/mol. The number of thiocarbonyl (C=S) groups is 1. The van der Waals surface area contributed by atoms with Crippen LogP contribution in [0.2, 0.25) is 0 Å². The van der Waals surface area contributed by atoms with Gasteiger partial charge in [-0.05, 0) is 0 Å². The number of benzene rings is 2. The molecule has 0 unspecified atom stereocenters. The van der Waals surface area contributed by atoms with Crippen LogP contribution in [-0.4, -0.2) is 22.7 Å². The normalized spacial score (nSPS) is 10.6. The number of nitrogens with zero attached hydrogens (tertiary/aromatic N) is 1. The van der Waals surface area contributed by atoms with Crippen molar-refractivity contribution in [1.82, 2.24) is 0 Å². The number of halogens is 1. The van der Waals surface area contributed by atoms with Gasteiger partial charge in [0.15, 0.2) is 0 Å². The molecule has 0 N–H and O–H groups in total. The number of hydrogen-bond acceptors (Lipinski definition) is 2. The molecular weight excluding hydrogens is 356 g/mol. The van der Waals surface area contributed by atoms with Gasteiger partial charge in [0.05, 0.1) is 0 Å². The Hall–Kier alpha value is -0.671. The molecule has 0 aliphatic heterocycles. The van der Waals surface area contributed by atoms with Crippen molar-refractivity contribution in [1.29, 1.82) is 0 Å². The molecule has 17 heavy (non-hydrogen) atoms. The average Bonchev–Trinajstić information content (AvgIpc) is 2.41. The molecule has 0 radical (unpaired) electrons. The molecule has 84 valence electrons. The summed E-state index contributed by atoms with van der Waals surface area (Å²) in [5.74, 6) is 0. The molecule has 0 saturated carbocycles. The van der Waals surface area contributed by atoms with Crippen molar-refractivity contribution in [2.75, 3.05) is 0 Å². The van der Waals surface area contributed by atoms with Crippen LogP contribution in [0.25, 0.3) is 0 Å². The van der Waals surface area contributed by atoms with Gasteiger partial charge in [0.25, 0.3) is 0 Å². The summed E-state index contributed by atoms with van der Waals surface area (Å²) in [6, 6.07) is 19.9. The summed E-state index contributed by atoms with van der Waals surface area (Å²) in [5.41, 5.74) is 0. The molecule has 0 fully saturated rings. The molecule has 0 saturated heterocycles. The zero-order chi connectivity index (χ0) is 12.1. The van der Waals surface area contributed by atoms with Crippen molar-refractivity contribution in [2.24, 2.45) is 3.21 Å². The molecule has 2 aromatic carbocycles. The first-order valence-electron chi connectivity index (χ1n) is 5.16. The quantitative estimate of drug-likeness (QED) is 0.462. The van der Waals surface area contributed by atoms with E-state index in [0.717, 1.165) is 7.16 Å². The molecule has 0 amide bonds. The van der Waals surface area contributed by atoms with E-state index in [2.05, 4.69) is 8.38 Å². The van der Waals surface area contributed by atoms with Gasteiger partial charge < -0.3 is 0 Å². The van der Waals surface area contributed by atoms with Crippen LogP contribution < -0.4 is 7.16 Å². The third kappa shape index (κ3) is 2.77. The van der Waals surface area contributed by atoms with Crippen molar-refractivity contribution in [3.05, 3.63) is 60.7 Å². The van der Waals surface area contributed by atoms with E-state index in [1.165, 1.54) is 0 Å². The molecule has 0 atom stereocenters. The van der Waals surface area contributed by atoms with Crippen molar-refractivity contribution in [3.8, 4) is 0 Å². The molecule has 0 heterocycles. The maximum atomic E-state index is 6.80. The minimum atomic E-state index is -3.46. The topological polar surface area (TPSA) is 12.4 Å². The second-order valence-electron chi connectivity index (χ2n) is 3.56. The molecule has 0 aromatic heterocycles. The molecular formula is C13H10ClNSSn. The molecule has 2 aromatic rings. The summed E-state index contributed by atoms with van der Waals surface area (Å²) in [7, 11) is 6.80. The van der Waals surface area contributed by atoms with Crippen molar-refractivity contribution in [3.63, 3.8) is 0 Å². The fraction of sp³-hybridized carbons (Fsp3) is 0. The molecule has 0 spiro atoms. The van der Waals surface area contributed by atoms with Crippen molar-refractivity contribution >= 4 is 51.0 Å². The zero-order valence-corrected chi connectivity index (χ0v) is 13.4. The number of hydrogen-bond donors (Lipinski definition) is 0. The number of isothiocyanates is 1. The van der Waals surface area contributed by atoms with E-state index >= 15 is 0 Å². The van der Waals surface area contributed by atoms with E-state index in [4.69, 9.17) is 21.1 Å². The van der Waals surface area contributed by atoms with Gasteiger partial charge in [0.1, 0.15) is 0 Å². The fourth-order valence-electron chi connectivity index (χ4n) is 1.68. The predicted molar refractivity (Wildman–Crippen MR) is 78.8 cm³/mol. The standard InChI is InChI=1S/2C6H5.CNS.ClH.Sn/c2*1-2-4-6-5-3-1;2-1-3;;/h2*1-5H;;1H;/q;;-1;;+2/p-1. The van der Waals surface area contributed by atoms with Crippen LogP contribution in [0, 0.1) is 0 Å².